The fourth-order valence-corrected chi connectivity index (χ4v) is 3.04. The third kappa shape index (κ3) is 3.81. The lowest BCUT2D eigenvalue weighted by atomic mass is 10.1. The van der Waals surface area contributed by atoms with Crippen LogP contribution in [0, 0.1) is 0 Å². The van der Waals surface area contributed by atoms with Gasteiger partial charge in [0.2, 0.25) is 0 Å². The van der Waals surface area contributed by atoms with Gasteiger partial charge in [-0.2, -0.15) is 13.2 Å². The molecule has 2 heterocycles. The maximum Gasteiger partial charge on any atom is 0.398 e. The number of thioether (sulfide) groups is 1. The normalized spacial score (nSPS) is 11.7. The summed E-state index contributed by atoms with van der Waals surface area (Å²) in [5.74, 6) is 0.0391. The smallest absolute Gasteiger partial charge is 0.398 e. The van der Waals surface area contributed by atoms with Gasteiger partial charge in [-0.1, -0.05) is 11.8 Å². The Hall–Kier alpha value is -2.42. The first-order chi connectivity index (χ1) is 11.9. The van der Waals surface area contributed by atoms with E-state index in [1.165, 1.54) is 24.8 Å². The molecule has 0 fully saturated rings. The van der Waals surface area contributed by atoms with Crippen LogP contribution in [0.5, 0.6) is 11.5 Å². The molecule has 3 aromatic rings. The summed E-state index contributed by atoms with van der Waals surface area (Å²) < 4.78 is 49.7. The first kappa shape index (κ1) is 17.4. The minimum absolute atomic E-state index is 0.220. The molecule has 0 saturated heterocycles. The van der Waals surface area contributed by atoms with Gasteiger partial charge >= 0.3 is 6.18 Å². The Morgan fingerprint density at radius 1 is 1.12 bits per heavy atom. The van der Waals surface area contributed by atoms with E-state index in [1.54, 1.807) is 30.5 Å². The molecule has 3 rings (SSSR count). The predicted molar refractivity (Wildman–Crippen MR) is 88.3 cm³/mol. The lowest BCUT2D eigenvalue weighted by Gasteiger charge is -2.11. The fraction of sp³-hybridized carbons (Fsp3) is 0.250. The van der Waals surface area contributed by atoms with Crippen molar-refractivity contribution in [2.45, 2.75) is 11.3 Å². The number of ether oxygens (including phenoxy) is 2. The number of methoxy groups -OCH3 is 2. The van der Waals surface area contributed by atoms with E-state index in [0.29, 0.717) is 40.2 Å². The van der Waals surface area contributed by atoms with E-state index < -0.39 is 11.9 Å². The summed E-state index contributed by atoms with van der Waals surface area (Å²) in [6, 6.07) is 6.91. The number of alkyl halides is 3. The molecule has 2 aromatic heterocycles. The quantitative estimate of drug-likeness (QED) is 0.501. The van der Waals surface area contributed by atoms with E-state index in [4.69, 9.17) is 9.47 Å². The first-order valence-electron chi connectivity index (χ1n) is 7.17. The highest BCUT2D eigenvalue weighted by atomic mass is 32.2. The molecule has 0 aliphatic rings. The van der Waals surface area contributed by atoms with Gasteiger partial charge < -0.3 is 9.47 Å². The van der Waals surface area contributed by atoms with Crippen molar-refractivity contribution >= 4 is 17.4 Å². The molecule has 1 aromatic carbocycles. The van der Waals surface area contributed by atoms with Crippen LogP contribution in [0.2, 0.25) is 0 Å². The van der Waals surface area contributed by atoms with Crippen molar-refractivity contribution in [3.63, 3.8) is 0 Å². The van der Waals surface area contributed by atoms with Crippen LogP contribution in [0.25, 0.3) is 16.9 Å². The van der Waals surface area contributed by atoms with Gasteiger partial charge in [-0.25, -0.2) is 9.97 Å². The summed E-state index contributed by atoms with van der Waals surface area (Å²) in [6.45, 7) is 0. The van der Waals surface area contributed by atoms with Crippen molar-refractivity contribution < 1.29 is 22.6 Å². The van der Waals surface area contributed by atoms with Gasteiger partial charge in [0.25, 0.3) is 0 Å². The summed E-state index contributed by atoms with van der Waals surface area (Å²) >= 11 is 0.619. The SMILES string of the molecule is COc1ccc(-c2cc3nccn3c(SCC(F)(F)F)n2)cc1OC. The molecule has 0 saturated carbocycles. The number of imidazole rings is 1. The second-order valence-electron chi connectivity index (χ2n) is 5.05. The summed E-state index contributed by atoms with van der Waals surface area (Å²) in [7, 11) is 3.04. The van der Waals surface area contributed by atoms with Crippen molar-refractivity contribution in [1.29, 1.82) is 0 Å². The summed E-state index contributed by atoms with van der Waals surface area (Å²) in [4.78, 5) is 8.53. The molecule has 0 unspecified atom stereocenters. The van der Waals surface area contributed by atoms with E-state index in [-0.39, 0.29) is 5.16 Å². The fourth-order valence-electron chi connectivity index (χ4n) is 2.29. The molecule has 0 bridgehead atoms. The van der Waals surface area contributed by atoms with Crippen LogP contribution in [0.4, 0.5) is 13.2 Å². The third-order valence-corrected chi connectivity index (χ3v) is 4.42. The Labute approximate surface area is 145 Å². The summed E-state index contributed by atoms with van der Waals surface area (Å²) in [5.41, 5.74) is 1.71. The maximum absolute atomic E-state index is 12.6. The molecule has 0 N–H and O–H groups in total. The minimum Gasteiger partial charge on any atom is -0.493 e. The second kappa shape index (κ2) is 6.83. The van der Waals surface area contributed by atoms with Gasteiger partial charge in [-0.15, -0.1) is 0 Å². The van der Waals surface area contributed by atoms with E-state index in [0.717, 1.165) is 0 Å². The van der Waals surface area contributed by atoms with Crippen molar-refractivity contribution in [2.24, 2.45) is 0 Å². The molecule has 0 radical (unpaired) electrons. The molecule has 0 amide bonds. The highest BCUT2D eigenvalue weighted by Gasteiger charge is 2.28. The third-order valence-electron chi connectivity index (χ3n) is 3.40. The van der Waals surface area contributed by atoms with Crippen LogP contribution >= 0.6 is 11.8 Å². The van der Waals surface area contributed by atoms with Crippen LogP contribution < -0.4 is 9.47 Å². The summed E-state index contributed by atoms with van der Waals surface area (Å²) in [6.07, 6.45) is -1.18. The number of halogens is 3. The van der Waals surface area contributed by atoms with Gasteiger partial charge in [-0.05, 0) is 18.2 Å². The van der Waals surface area contributed by atoms with Gasteiger partial charge in [0.15, 0.2) is 16.7 Å². The molecule has 0 atom stereocenters. The zero-order valence-electron chi connectivity index (χ0n) is 13.4. The second-order valence-corrected chi connectivity index (χ2v) is 6.00. The first-order valence-corrected chi connectivity index (χ1v) is 8.16. The zero-order chi connectivity index (χ0) is 18.0. The number of hydrogen-bond donors (Lipinski definition) is 0. The Balaban J connectivity index is 2.05. The number of hydrogen-bond acceptors (Lipinski definition) is 5. The molecule has 9 heteroatoms. The Morgan fingerprint density at radius 2 is 1.88 bits per heavy atom. The highest BCUT2D eigenvalue weighted by Crippen LogP contribution is 2.33. The minimum atomic E-state index is -4.28. The van der Waals surface area contributed by atoms with Crippen molar-refractivity contribution in [3.05, 3.63) is 36.7 Å². The van der Waals surface area contributed by atoms with E-state index >= 15 is 0 Å². The van der Waals surface area contributed by atoms with Gasteiger partial charge in [0.1, 0.15) is 5.65 Å². The van der Waals surface area contributed by atoms with E-state index in [9.17, 15) is 13.2 Å². The van der Waals surface area contributed by atoms with Gasteiger partial charge in [-0.3, -0.25) is 4.40 Å². The lowest BCUT2D eigenvalue weighted by molar-refractivity contribution is -0.105. The van der Waals surface area contributed by atoms with Crippen LogP contribution in [0.15, 0.2) is 41.8 Å². The Morgan fingerprint density at radius 3 is 2.56 bits per heavy atom. The van der Waals surface area contributed by atoms with Gasteiger partial charge in [0.05, 0.1) is 25.7 Å². The van der Waals surface area contributed by atoms with Crippen molar-refractivity contribution in [2.75, 3.05) is 20.0 Å². The molecule has 5 nitrogen and oxygen atoms in total. The van der Waals surface area contributed by atoms with Crippen LogP contribution in [-0.4, -0.2) is 40.5 Å². The number of rotatable bonds is 5. The monoisotopic (exact) mass is 369 g/mol. The van der Waals surface area contributed by atoms with Crippen molar-refractivity contribution in [3.8, 4) is 22.8 Å². The van der Waals surface area contributed by atoms with Crippen LogP contribution in [0.1, 0.15) is 0 Å². The summed E-state index contributed by atoms with van der Waals surface area (Å²) in [5, 5.41) is 0.220. The zero-order valence-corrected chi connectivity index (χ0v) is 14.2. The molecule has 0 spiro atoms. The topological polar surface area (TPSA) is 48.7 Å². The number of nitrogens with zero attached hydrogens (tertiary/aromatic N) is 3. The molecule has 0 aliphatic heterocycles. The Bertz CT molecular complexity index is 896. The highest BCUT2D eigenvalue weighted by molar-refractivity contribution is 7.99. The van der Waals surface area contributed by atoms with E-state index in [1.807, 2.05) is 0 Å². The Kier molecular flexibility index (Phi) is 4.76. The molecule has 25 heavy (non-hydrogen) atoms. The maximum atomic E-state index is 12.6. The molecular weight excluding hydrogens is 355 g/mol. The molecule has 132 valence electrons. The number of fused-ring (bicyclic) bond motifs is 1. The predicted octanol–water partition coefficient (Wildman–Crippen LogP) is 4.07. The van der Waals surface area contributed by atoms with E-state index in [2.05, 4.69) is 9.97 Å². The number of benzene rings is 1. The standard InChI is InChI=1S/C16H14F3N3O2S/c1-23-12-4-3-10(7-13(12)24-2)11-8-14-20-5-6-22(14)15(21-11)25-9-16(17,18)19/h3-8H,9H2,1-2H3. The molecular formula is C16H14F3N3O2S. The average Bonchev–Trinajstić information content (AvgIpc) is 3.06. The van der Waals surface area contributed by atoms with Crippen LogP contribution in [-0.2, 0) is 0 Å². The largest absolute Gasteiger partial charge is 0.493 e. The van der Waals surface area contributed by atoms with Crippen molar-refractivity contribution in [1.82, 2.24) is 14.4 Å². The van der Waals surface area contributed by atoms with Gasteiger partial charge in [0, 0.05) is 24.0 Å². The lowest BCUT2D eigenvalue weighted by Crippen LogP contribution is -2.11. The molecule has 0 aliphatic carbocycles. The number of aromatic nitrogens is 3. The average molecular weight is 369 g/mol. The van der Waals surface area contributed by atoms with Crippen LogP contribution in [0.3, 0.4) is 0 Å².